The number of carbonyl (C=O) groups excluding carboxylic acids is 1. The number of aryl methyl sites for hydroxylation is 1. The van der Waals surface area contributed by atoms with Crippen LogP contribution in [0, 0.1) is 5.92 Å². The first kappa shape index (κ1) is 17.5. The number of ether oxygens (including phenoxy) is 2. The van der Waals surface area contributed by atoms with Crippen molar-refractivity contribution < 1.29 is 14.3 Å². The molecule has 0 unspecified atom stereocenters. The van der Waals surface area contributed by atoms with Crippen molar-refractivity contribution in [3.8, 4) is 5.75 Å². The van der Waals surface area contributed by atoms with Gasteiger partial charge in [-0.05, 0) is 32.1 Å². The Morgan fingerprint density at radius 1 is 1.32 bits per heavy atom. The molecular weight excluding hydrogens is 320 g/mol. The molecule has 0 bridgehead atoms. The van der Waals surface area contributed by atoms with Gasteiger partial charge in [0.15, 0.2) is 11.6 Å². The molecule has 1 aliphatic rings. The lowest BCUT2D eigenvalue weighted by Gasteiger charge is -2.22. The summed E-state index contributed by atoms with van der Waals surface area (Å²) in [7, 11) is 0. The number of nitrogens with zero attached hydrogens (tertiary/aromatic N) is 3. The van der Waals surface area contributed by atoms with Gasteiger partial charge in [-0.1, -0.05) is 26.2 Å². The maximum absolute atomic E-state index is 11.7. The van der Waals surface area contributed by atoms with Crippen molar-refractivity contribution in [2.75, 3.05) is 18.5 Å². The molecule has 2 aromatic rings. The molecule has 1 fully saturated rings. The van der Waals surface area contributed by atoms with Gasteiger partial charge in [0, 0.05) is 12.1 Å². The number of anilines is 1. The Balaban J connectivity index is 1.83. The summed E-state index contributed by atoms with van der Waals surface area (Å²) < 4.78 is 11.9. The summed E-state index contributed by atoms with van der Waals surface area (Å²) in [4.78, 5) is 16.1. The van der Waals surface area contributed by atoms with Crippen LogP contribution in [0.4, 0.5) is 10.6 Å². The van der Waals surface area contributed by atoms with E-state index in [1.54, 1.807) is 17.6 Å². The lowest BCUT2D eigenvalue weighted by molar-refractivity contribution is 0.104. The third kappa shape index (κ3) is 4.03. The minimum atomic E-state index is -0.696. The van der Waals surface area contributed by atoms with E-state index in [4.69, 9.17) is 9.47 Å². The molecule has 0 spiro atoms. The molecule has 0 aromatic carbocycles. The number of rotatable bonds is 6. The Morgan fingerprint density at radius 2 is 2.12 bits per heavy atom. The van der Waals surface area contributed by atoms with E-state index in [1.807, 2.05) is 6.92 Å². The maximum atomic E-state index is 11.7. The van der Waals surface area contributed by atoms with Crippen molar-refractivity contribution in [2.24, 2.45) is 5.92 Å². The number of carbonyl (C=O) groups is 1. The molecular formula is C18H26N4O3. The fraction of sp³-hybridized carbons (Fsp3) is 0.611. The van der Waals surface area contributed by atoms with E-state index >= 15 is 0 Å². The van der Waals surface area contributed by atoms with E-state index in [2.05, 4.69) is 15.4 Å². The number of hydrogen-bond acceptors (Lipinski definition) is 6. The van der Waals surface area contributed by atoms with Crippen molar-refractivity contribution in [1.29, 1.82) is 0 Å². The second-order valence-electron chi connectivity index (χ2n) is 6.40. The van der Waals surface area contributed by atoms with Gasteiger partial charge in [-0.3, -0.25) is 0 Å². The molecule has 0 saturated heterocycles. The molecule has 0 amide bonds. The third-order valence-corrected chi connectivity index (χ3v) is 4.73. The predicted octanol–water partition coefficient (Wildman–Crippen LogP) is 3.82. The van der Waals surface area contributed by atoms with Gasteiger partial charge in [-0.2, -0.15) is 5.10 Å². The van der Waals surface area contributed by atoms with E-state index in [0.717, 1.165) is 23.4 Å². The Labute approximate surface area is 147 Å². The van der Waals surface area contributed by atoms with Crippen LogP contribution in [-0.2, 0) is 11.2 Å². The highest BCUT2D eigenvalue weighted by Gasteiger charge is 2.20. The minimum Gasteiger partial charge on any atom is -0.434 e. The van der Waals surface area contributed by atoms with Crippen LogP contribution in [0.15, 0.2) is 12.5 Å². The van der Waals surface area contributed by atoms with Gasteiger partial charge in [0.25, 0.3) is 0 Å². The van der Waals surface area contributed by atoms with E-state index in [1.165, 1.54) is 38.4 Å². The van der Waals surface area contributed by atoms with Gasteiger partial charge in [0.05, 0.1) is 12.8 Å². The molecule has 3 rings (SSSR count). The number of nitrogens with one attached hydrogen (secondary N) is 1. The first-order chi connectivity index (χ1) is 12.2. The standard InChI is InChI=1S/C18H26N4O3/c1-3-14-15(25-18(23)24-4-2)11-22-16(14)17(20-12-21-22)19-10-13-8-6-5-7-9-13/h11-13H,3-10H2,1-2H3,(H,19,20,21). The van der Waals surface area contributed by atoms with Crippen LogP contribution < -0.4 is 10.1 Å². The molecule has 7 heteroatoms. The topological polar surface area (TPSA) is 77.8 Å². The Bertz CT molecular complexity index is 722. The lowest BCUT2D eigenvalue weighted by atomic mass is 9.89. The molecule has 0 aliphatic heterocycles. The second-order valence-corrected chi connectivity index (χ2v) is 6.40. The quantitative estimate of drug-likeness (QED) is 0.801. The monoisotopic (exact) mass is 346 g/mol. The Hall–Kier alpha value is -2.31. The zero-order valence-electron chi connectivity index (χ0n) is 15.0. The molecule has 2 aromatic heterocycles. The summed E-state index contributed by atoms with van der Waals surface area (Å²) >= 11 is 0. The summed E-state index contributed by atoms with van der Waals surface area (Å²) in [6.45, 7) is 4.96. The summed E-state index contributed by atoms with van der Waals surface area (Å²) in [5, 5.41) is 7.73. The highest BCUT2D eigenvalue weighted by atomic mass is 16.7. The number of aromatic nitrogens is 3. The van der Waals surface area contributed by atoms with Gasteiger partial charge in [0.2, 0.25) is 0 Å². The van der Waals surface area contributed by atoms with Gasteiger partial charge in [0.1, 0.15) is 11.8 Å². The highest BCUT2D eigenvalue weighted by molar-refractivity contribution is 5.77. The van der Waals surface area contributed by atoms with Crippen molar-refractivity contribution in [3.05, 3.63) is 18.1 Å². The van der Waals surface area contributed by atoms with Crippen LogP contribution in [0.1, 0.15) is 51.5 Å². The fourth-order valence-corrected chi connectivity index (χ4v) is 3.48. The van der Waals surface area contributed by atoms with Crippen LogP contribution in [0.5, 0.6) is 5.75 Å². The van der Waals surface area contributed by atoms with Crippen molar-refractivity contribution in [3.63, 3.8) is 0 Å². The smallest absolute Gasteiger partial charge is 0.434 e. The second kappa shape index (κ2) is 8.18. The molecule has 0 radical (unpaired) electrons. The van der Waals surface area contributed by atoms with Gasteiger partial charge < -0.3 is 14.8 Å². The fourth-order valence-electron chi connectivity index (χ4n) is 3.48. The zero-order chi connectivity index (χ0) is 17.6. The molecule has 25 heavy (non-hydrogen) atoms. The molecule has 1 saturated carbocycles. The molecule has 1 N–H and O–H groups in total. The van der Waals surface area contributed by atoms with Crippen LogP contribution in [0.3, 0.4) is 0 Å². The van der Waals surface area contributed by atoms with Gasteiger partial charge in [-0.15, -0.1) is 0 Å². The highest BCUT2D eigenvalue weighted by Crippen LogP contribution is 2.31. The first-order valence-corrected chi connectivity index (χ1v) is 9.16. The number of hydrogen-bond donors (Lipinski definition) is 1. The van der Waals surface area contributed by atoms with Gasteiger partial charge in [-0.25, -0.2) is 14.3 Å². The maximum Gasteiger partial charge on any atom is 0.513 e. The summed E-state index contributed by atoms with van der Waals surface area (Å²) in [5.74, 6) is 1.96. The van der Waals surface area contributed by atoms with Crippen molar-refractivity contribution >= 4 is 17.5 Å². The average molecular weight is 346 g/mol. The minimum absolute atomic E-state index is 0.279. The van der Waals surface area contributed by atoms with E-state index in [9.17, 15) is 4.79 Å². The molecule has 1 aliphatic carbocycles. The number of fused-ring (bicyclic) bond motifs is 1. The van der Waals surface area contributed by atoms with E-state index in [-0.39, 0.29) is 6.61 Å². The van der Waals surface area contributed by atoms with Crippen LogP contribution in [0.25, 0.3) is 5.52 Å². The van der Waals surface area contributed by atoms with Crippen molar-refractivity contribution in [2.45, 2.75) is 52.4 Å². The summed E-state index contributed by atoms with van der Waals surface area (Å²) in [6, 6.07) is 0. The largest absolute Gasteiger partial charge is 0.513 e. The Morgan fingerprint density at radius 3 is 2.84 bits per heavy atom. The van der Waals surface area contributed by atoms with E-state index < -0.39 is 6.16 Å². The molecule has 0 atom stereocenters. The molecule has 136 valence electrons. The SMILES string of the molecule is CCOC(=O)Oc1cn2ncnc(NCC3CCCCC3)c2c1CC. The third-order valence-electron chi connectivity index (χ3n) is 4.73. The average Bonchev–Trinajstić information content (AvgIpc) is 2.98. The summed E-state index contributed by atoms with van der Waals surface area (Å²) in [6.07, 6.45) is 9.75. The first-order valence-electron chi connectivity index (χ1n) is 9.16. The van der Waals surface area contributed by atoms with E-state index in [0.29, 0.717) is 18.1 Å². The zero-order valence-corrected chi connectivity index (χ0v) is 15.0. The lowest BCUT2D eigenvalue weighted by Crippen LogP contribution is -2.18. The predicted molar refractivity (Wildman–Crippen MR) is 95.1 cm³/mol. The summed E-state index contributed by atoms with van der Waals surface area (Å²) in [5.41, 5.74) is 1.76. The normalized spacial score (nSPS) is 15.3. The van der Waals surface area contributed by atoms with Gasteiger partial charge >= 0.3 is 6.16 Å². The van der Waals surface area contributed by atoms with Crippen LogP contribution >= 0.6 is 0 Å². The van der Waals surface area contributed by atoms with Crippen LogP contribution in [-0.4, -0.2) is 33.9 Å². The van der Waals surface area contributed by atoms with Crippen molar-refractivity contribution in [1.82, 2.24) is 14.6 Å². The molecule has 7 nitrogen and oxygen atoms in total. The van der Waals surface area contributed by atoms with Crippen LogP contribution in [0.2, 0.25) is 0 Å². The molecule has 2 heterocycles. The Kier molecular flexibility index (Phi) is 5.73.